The van der Waals surface area contributed by atoms with E-state index in [0.717, 1.165) is 18.4 Å². The maximum Gasteiger partial charge on any atom is 0.276 e. The number of hydrogen-bond donors (Lipinski definition) is 1. The molecule has 3 rings (SSSR count). The number of rotatable bonds is 4. The first-order chi connectivity index (χ1) is 11.1. The summed E-state index contributed by atoms with van der Waals surface area (Å²) in [5.41, 5.74) is 1.38. The summed E-state index contributed by atoms with van der Waals surface area (Å²) < 4.78 is 7.02. The molecular formula is C16H22N4O3. The van der Waals surface area contributed by atoms with Crippen LogP contribution in [0.4, 0.5) is 0 Å². The van der Waals surface area contributed by atoms with Crippen LogP contribution >= 0.6 is 0 Å². The highest BCUT2D eigenvalue weighted by Gasteiger charge is 2.30. The van der Waals surface area contributed by atoms with Gasteiger partial charge in [-0.15, -0.1) is 0 Å². The van der Waals surface area contributed by atoms with E-state index in [-0.39, 0.29) is 24.5 Å². The zero-order chi connectivity index (χ0) is 16.4. The molecule has 0 aliphatic carbocycles. The zero-order valence-electron chi connectivity index (χ0n) is 13.5. The van der Waals surface area contributed by atoms with E-state index in [2.05, 4.69) is 10.3 Å². The molecule has 7 nitrogen and oxygen atoms in total. The number of amides is 1. The van der Waals surface area contributed by atoms with E-state index in [9.17, 15) is 9.90 Å². The van der Waals surface area contributed by atoms with Gasteiger partial charge in [-0.2, -0.15) is 5.10 Å². The predicted octanol–water partition coefficient (Wildman–Crippen LogP) is 1.46. The van der Waals surface area contributed by atoms with Gasteiger partial charge in [0.15, 0.2) is 11.5 Å². The first-order valence-electron chi connectivity index (χ1n) is 7.93. The largest absolute Gasteiger partial charge is 0.396 e. The molecule has 1 N–H and O–H groups in total. The second-order valence-electron chi connectivity index (χ2n) is 6.33. The molecule has 0 bridgehead atoms. The second kappa shape index (κ2) is 6.54. The molecule has 1 saturated heterocycles. The third-order valence-corrected chi connectivity index (χ3v) is 4.36. The van der Waals surface area contributed by atoms with Crippen molar-refractivity contribution in [2.45, 2.75) is 39.3 Å². The van der Waals surface area contributed by atoms with Crippen LogP contribution in [0.15, 0.2) is 23.0 Å². The van der Waals surface area contributed by atoms with Gasteiger partial charge in [0.05, 0.1) is 6.20 Å². The Labute approximate surface area is 134 Å². The van der Waals surface area contributed by atoms with Gasteiger partial charge in [0.2, 0.25) is 0 Å². The molecule has 0 radical (unpaired) electrons. The third-order valence-electron chi connectivity index (χ3n) is 4.36. The van der Waals surface area contributed by atoms with Crippen LogP contribution in [0.2, 0.25) is 0 Å². The average Bonchev–Trinajstić information content (AvgIpc) is 3.17. The fourth-order valence-corrected chi connectivity index (χ4v) is 2.96. The minimum absolute atomic E-state index is 0.110. The molecule has 0 aromatic carbocycles. The van der Waals surface area contributed by atoms with E-state index in [1.807, 2.05) is 20.0 Å². The Morgan fingerprint density at radius 2 is 2.30 bits per heavy atom. The Morgan fingerprint density at radius 1 is 1.48 bits per heavy atom. The summed E-state index contributed by atoms with van der Waals surface area (Å²) in [6.07, 6.45) is 5.52. The van der Waals surface area contributed by atoms with E-state index >= 15 is 0 Å². The highest BCUT2D eigenvalue weighted by atomic mass is 16.5. The number of aromatic nitrogens is 3. The highest BCUT2D eigenvalue weighted by molar-refractivity contribution is 5.92. The molecule has 2 unspecified atom stereocenters. The van der Waals surface area contributed by atoms with Gasteiger partial charge in [-0.05, 0) is 38.2 Å². The van der Waals surface area contributed by atoms with Gasteiger partial charge in [0, 0.05) is 31.5 Å². The summed E-state index contributed by atoms with van der Waals surface area (Å²) >= 11 is 0. The Hall–Kier alpha value is -2.15. The minimum atomic E-state index is -0.137. The van der Waals surface area contributed by atoms with Gasteiger partial charge in [-0.1, -0.05) is 5.16 Å². The van der Waals surface area contributed by atoms with Crippen molar-refractivity contribution in [3.8, 4) is 0 Å². The Balaban J connectivity index is 1.70. The van der Waals surface area contributed by atoms with Crippen molar-refractivity contribution in [1.82, 2.24) is 19.8 Å². The number of hydrogen-bond acceptors (Lipinski definition) is 5. The van der Waals surface area contributed by atoms with E-state index in [0.29, 0.717) is 24.5 Å². The molecule has 0 saturated carbocycles. The quantitative estimate of drug-likeness (QED) is 0.922. The van der Waals surface area contributed by atoms with E-state index in [4.69, 9.17) is 4.52 Å². The number of carbonyl (C=O) groups excluding carboxylic acids is 1. The molecular weight excluding hydrogens is 296 g/mol. The highest BCUT2D eigenvalue weighted by Crippen LogP contribution is 2.23. The summed E-state index contributed by atoms with van der Waals surface area (Å²) in [5.74, 6) is 0.607. The van der Waals surface area contributed by atoms with Crippen LogP contribution in [0.3, 0.4) is 0 Å². The molecule has 0 spiro atoms. The third kappa shape index (κ3) is 3.44. The summed E-state index contributed by atoms with van der Waals surface area (Å²) in [6, 6.07) is 1.83. The molecule has 3 heterocycles. The molecule has 1 aliphatic heterocycles. The van der Waals surface area contributed by atoms with Crippen LogP contribution in [0.25, 0.3) is 0 Å². The Bertz CT molecular complexity index is 678. The smallest absolute Gasteiger partial charge is 0.276 e. The molecule has 2 atom stereocenters. The first kappa shape index (κ1) is 15.7. The molecule has 2 aromatic heterocycles. The van der Waals surface area contributed by atoms with Crippen molar-refractivity contribution in [3.63, 3.8) is 0 Å². The number of aliphatic hydroxyl groups excluding tert-OH is 1. The average molecular weight is 318 g/mol. The van der Waals surface area contributed by atoms with Crippen LogP contribution < -0.4 is 0 Å². The number of likely N-dealkylation sites (tertiary alicyclic amines) is 1. The molecule has 1 amide bonds. The van der Waals surface area contributed by atoms with Crippen LogP contribution in [-0.2, 0) is 6.54 Å². The molecule has 1 fully saturated rings. The van der Waals surface area contributed by atoms with Crippen molar-refractivity contribution in [2.75, 3.05) is 13.2 Å². The number of piperidine rings is 1. The van der Waals surface area contributed by atoms with Gasteiger partial charge in [0.25, 0.3) is 5.91 Å². The van der Waals surface area contributed by atoms with Crippen molar-refractivity contribution in [2.24, 2.45) is 5.92 Å². The topological polar surface area (TPSA) is 84.4 Å². The van der Waals surface area contributed by atoms with Crippen molar-refractivity contribution < 1.29 is 14.4 Å². The lowest BCUT2D eigenvalue weighted by molar-refractivity contribution is 0.0479. The number of aryl methyl sites for hydroxylation is 1. The van der Waals surface area contributed by atoms with Gasteiger partial charge in [-0.3, -0.25) is 9.48 Å². The number of carbonyl (C=O) groups is 1. The molecule has 124 valence electrons. The van der Waals surface area contributed by atoms with Gasteiger partial charge >= 0.3 is 0 Å². The van der Waals surface area contributed by atoms with E-state index in [1.165, 1.54) is 0 Å². The summed E-state index contributed by atoms with van der Waals surface area (Å²) in [5, 5.41) is 17.4. The standard InChI is InChI=1S/C16H22N4O3/c1-11-6-17-19(7-11)9-14-5-15(18-23-14)16(22)20-8-13(10-21)4-3-12(20)2/h5-7,12-13,21H,3-4,8-10H2,1-2H3. The fourth-order valence-electron chi connectivity index (χ4n) is 2.96. The minimum Gasteiger partial charge on any atom is -0.396 e. The monoisotopic (exact) mass is 318 g/mol. The Morgan fingerprint density at radius 3 is 3.00 bits per heavy atom. The van der Waals surface area contributed by atoms with Gasteiger partial charge in [-0.25, -0.2) is 0 Å². The first-order valence-corrected chi connectivity index (χ1v) is 7.93. The van der Waals surface area contributed by atoms with Crippen molar-refractivity contribution >= 4 is 5.91 Å². The molecule has 1 aliphatic rings. The SMILES string of the molecule is Cc1cnn(Cc2cc(C(=O)N3CC(CO)CCC3C)no2)c1. The van der Waals surface area contributed by atoms with Crippen LogP contribution in [0.5, 0.6) is 0 Å². The summed E-state index contributed by atoms with van der Waals surface area (Å²) in [7, 11) is 0. The van der Waals surface area contributed by atoms with Crippen molar-refractivity contribution in [1.29, 1.82) is 0 Å². The van der Waals surface area contributed by atoms with Gasteiger partial charge < -0.3 is 14.5 Å². The van der Waals surface area contributed by atoms with Gasteiger partial charge in [0.1, 0.15) is 6.54 Å². The van der Waals surface area contributed by atoms with E-state index in [1.54, 1.807) is 21.8 Å². The maximum atomic E-state index is 12.6. The van der Waals surface area contributed by atoms with Crippen LogP contribution in [-0.4, -0.2) is 50.0 Å². The lowest BCUT2D eigenvalue weighted by atomic mass is 9.94. The predicted molar refractivity (Wildman–Crippen MR) is 82.9 cm³/mol. The maximum absolute atomic E-state index is 12.6. The lowest BCUT2D eigenvalue weighted by Gasteiger charge is -2.36. The summed E-state index contributed by atoms with van der Waals surface area (Å²) in [6.45, 7) is 5.12. The van der Waals surface area contributed by atoms with Crippen molar-refractivity contribution in [3.05, 3.63) is 35.5 Å². The van der Waals surface area contributed by atoms with Crippen LogP contribution in [0.1, 0.15) is 41.6 Å². The zero-order valence-corrected chi connectivity index (χ0v) is 13.5. The normalized spacial score (nSPS) is 21.6. The lowest BCUT2D eigenvalue weighted by Crippen LogP contribution is -2.46. The Kier molecular flexibility index (Phi) is 4.47. The van der Waals surface area contributed by atoms with E-state index < -0.39 is 0 Å². The molecule has 23 heavy (non-hydrogen) atoms. The summed E-state index contributed by atoms with van der Waals surface area (Å²) in [4.78, 5) is 14.4. The fraction of sp³-hybridized carbons (Fsp3) is 0.562. The molecule has 2 aromatic rings. The van der Waals surface area contributed by atoms with Crippen LogP contribution in [0, 0.1) is 12.8 Å². The number of aliphatic hydroxyl groups is 1. The second-order valence-corrected chi connectivity index (χ2v) is 6.33. The number of nitrogens with zero attached hydrogens (tertiary/aromatic N) is 4. The molecule has 7 heteroatoms.